The molecule has 1 rings (SSSR count). The second kappa shape index (κ2) is 6.58. The van der Waals surface area contributed by atoms with E-state index >= 15 is 0 Å². The van der Waals surface area contributed by atoms with Crippen molar-refractivity contribution in [2.75, 3.05) is 18.1 Å². The second-order valence-corrected chi connectivity index (χ2v) is 5.61. The molecular formula is C12H22N4OS. The third-order valence-corrected chi connectivity index (χ3v) is 3.99. The van der Waals surface area contributed by atoms with Crippen LogP contribution in [0.15, 0.2) is 0 Å². The zero-order valence-corrected chi connectivity index (χ0v) is 12.2. The van der Waals surface area contributed by atoms with Crippen LogP contribution in [0.4, 0.5) is 10.9 Å². The van der Waals surface area contributed by atoms with Gasteiger partial charge in [-0.2, -0.15) is 0 Å². The summed E-state index contributed by atoms with van der Waals surface area (Å²) in [5, 5.41) is 6.51. The van der Waals surface area contributed by atoms with Crippen LogP contribution in [-0.4, -0.2) is 24.0 Å². The molecule has 4 N–H and O–H groups in total. The summed E-state index contributed by atoms with van der Waals surface area (Å²) in [6, 6.07) is 0.145. The van der Waals surface area contributed by atoms with Crippen molar-refractivity contribution in [2.24, 2.45) is 5.92 Å². The number of hydrogen-bond acceptors (Lipinski definition) is 5. The summed E-state index contributed by atoms with van der Waals surface area (Å²) in [5.41, 5.74) is 5.72. The third-order valence-electron chi connectivity index (χ3n) is 2.90. The molecule has 1 aromatic rings. The minimum absolute atomic E-state index is 0.137. The van der Waals surface area contributed by atoms with Gasteiger partial charge in [-0.25, -0.2) is 4.98 Å². The number of carbonyl (C=O) groups is 1. The van der Waals surface area contributed by atoms with E-state index in [0.29, 0.717) is 15.9 Å². The molecule has 0 aromatic carbocycles. The Hall–Kier alpha value is -1.30. The maximum Gasteiger partial charge on any atom is 0.265 e. The average molecular weight is 270 g/mol. The quantitative estimate of drug-likeness (QED) is 0.741. The van der Waals surface area contributed by atoms with Crippen LogP contribution in [-0.2, 0) is 0 Å². The molecule has 5 nitrogen and oxygen atoms in total. The molecule has 0 fully saturated rings. The molecule has 2 atom stereocenters. The number of nitrogen functional groups attached to an aromatic ring is 1. The Bertz CT molecular complexity index is 405. The van der Waals surface area contributed by atoms with E-state index in [0.717, 1.165) is 12.8 Å². The van der Waals surface area contributed by atoms with Crippen molar-refractivity contribution in [1.82, 2.24) is 10.3 Å². The fourth-order valence-corrected chi connectivity index (χ4v) is 2.46. The van der Waals surface area contributed by atoms with Gasteiger partial charge in [-0.05, 0) is 19.3 Å². The lowest BCUT2D eigenvalue weighted by Gasteiger charge is -2.17. The number of hydrogen-bond donors (Lipinski definition) is 3. The number of rotatable bonds is 6. The molecule has 0 saturated heterocycles. The van der Waals surface area contributed by atoms with Crippen LogP contribution >= 0.6 is 11.3 Å². The summed E-state index contributed by atoms with van der Waals surface area (Å²) < 4.78 is 0. The number of carbonyl (C=O) groups excluding carboxylic acids is 1. The molecule has 0 saturated carbocycles. The number of aromatic nitrogens is 1. The van der Waals surface area contributed by atoms with Gasteiger partial charge in [0.05, 0.1) is 0 Å². The van der Waals surface area contributed by atoms with Crippen molar-refractivity contribution in [3.05, 3.63) is 4.88 Å². The van der Waals surface area contributed by atoms with E-state index in [1.165, 1.54) is 11.3 Å². The molecule has 6 heteroatoms. The summed E-state index contributed by atoms with van der Waals surface area (Å²) in [7, 11) is 1.76. The molecule has 2 unspecified atom stereocenters. The number of amides is 1. The molecule has 102 valence electrons. The second-order valence-electron chi connectivity index (χ2n) is 4.61. The first-order chi connectivity index (χ1) is 8.47. The predicted molar refractivity (Wildman–Crippen MR) is 77.1 cm³/mol. The van der Waals surface area contributed by atoms with Crippen LogP contribution in [0.2, 0.25) is 0 Å². The highest BCUT2D eigenvalue weighted by molar-refractivity contribution is 7.18. The number of nitrogens with two attached hydrogens (primary N) is 1. The topological polar surface area (TPSA) is 80.0 Å². The van der Waals surface area contributed by atoms with Crippen LogP contribution < -0.4 is 16.4 Å². The van der Waals surface area contributed by atoms with Gasteiger partial charge in [0.25, 0.3) is 5.91 Å². The van der Waals surface area contributed by atoms with Gasteiger partial charge in [-0.3, -0.25) is 4.79 Å². The maximum absolute atomic E-state index is 12.0. The summed E-state index contributed by atoms with van der Waals surface area (Å²) in [6.07, 6.45) is 2.09. The van der Waals surface area contributed by atoms with Crippen molar-refractivity contribution < 1.29 is 4.79 Å². The monoisotopic (exact) mass is 270 g/mol. The van der Waals surface area contributed by atoms with Crippen LogP contribution in [0.1, 0.15) is 43.3 Å². The molecule has 1 heterocycles. The summed E-state index contributed by atoms with van der Waals surface area (Å²) in [5.74, 6) is 0.756. The Kier molecular flexibility index (Phi) is 5.40. The molecule has 18 heavy (non-hydrogen) atoms. The fraction of sp³-hybridized carbons (Fsp3) is 0.667. The number of nitrogens with zero attached hydrogens (tertiary/aromatic N) is 1. The van der Waals surface area contributed by atoms with E-state index in [-0.39, 0.29) is 17.8 Å². The Balaban J connectivity index is 2.61. The number of nitrogens with one attached hydrogen (secondary N) is 2. The lowest BCUT2D eigenvalue weighted by Crippen LogP contribution is -2.33. The van der Waals surface area contributed by atoms with Gasteiger partial charge in [-0.15, -0.1) is 0 Å². The summed E-state index contributed by atoms with van der Waals surface area (Å²) in [6.45, 7) is 6.35. The van der Waals surface area contributed by atoms with Gasteiger partial charge in [0.1, 0.15) is 10.7 Å². The van der Waals surface area contributed by atoms with Crippen LogP contribution in [0, 0.1) is 5.92 Å². The molecule has 1 aromatic heterocycles. The molecule has 0 bridgehead atoms. The van der Waals surface area contributed by atoms with E-state index in [4.69, 9.17) is 5.73 Å². The van der Waals surface area contributed by atoms with Crippen molar-refractivity contribution in [3.63, 3.8) is 0 Å². The van der Waals surface area contributed by atoms with Gasteiger partial charge in [0, 0.05) is 13.1 Å². The molecular weight excluding hydrogens is 248 g/mol. The van der Waals surface area contributed by atoms with E-state index in [1.54, 1.807) is 7.05 Å². The zero-order valence-electron chi connectivity index (χ0n) is 11.4. The van der Waals surface area contributed by atoms with Crippen LogP contribution in [0.3, 0.4) is 0 Å². The van der Waals surface area contributed by atoms with E-state index in [9.17, 15) is 4.79 Å². The van der Waals surface area contributed by atoms with Crippen molar-refractivity contribution >= 4 is 28.2 Å². The van der Waals surface area contributed by atoms with Crippen LogP contribution in [0.5, 0.6) is 0 Å². The molecule has 0 spiro atoms. The molecule has 0 aliphatic heterocycles. The summed E-state index contributed by atoms with van der Waals surface area (Å²) >= 11 is 1.27. The maximum atomic E-state index is 12.0. The number of anilines is 2. The van der Waals surface area contributed by atoms with E-state index in [1.807, 2.05) is 6.92 Å². The van der Waals surface area contributed by atoms with Gasteiger partial charge in [-0.1, -0.05) is 31.6 Å². The Labute approximate surface area is 112 Å². The lowest BCUT2D eigenvalue weighted by atomic mass is 10.0. The average Bonchev–Trinajstić information content (AvgIpc) is 2.70. The van der Waals surface area contributed by atoms with Crippen molar-refractivity contribution in [2.45, 2.75) is 39.7 Å². The first-order valence-corrected chi connectivity index (χ1v) is 7.04. The number of thiazole rings is 1. The lowest BCUT2D eigenvalue weighted by molar-refractivity contribution is 0.0940. The Morgan fingerprint density at radius 3 is 2.67 bits per heavy atom. The van der Waals surface area contributed by atoms with Crippen molar-refractivity contribution in [3.8, 4) is 0 Å². The van der Waals surface area contributed by atoms with Gasteiger partial charge in [0.2, 0.25) is 0 Å². The largest absolute Gasteiger partial charge is 0.382 e. The molecule has 0 radical (unpaired) electrons. The van der Waals surface area contributed by atoms with E-state index < -0.39 is 0 Å². The predicted octanol–water partition coefficient (Wildman–Crippen LogP) is 2.32. The molecule has 0 aliphatic rings. The highest BCUT2D eigenvalue weighted by atomic mass is 32.1. The third kappa shape index (κ3) is 3.87. The standard InChI is InChI=1S/C12H22N4OS/c1-5-7(2)6-8(3)15-11(17)9-10(13)16-12(14-4)18-9/h7-8H,5-6,13H2,1-4H3,(H,14,16)(H,15,17). The van der Waals surface area contributed by atoms with Gasteiger partial charge < -0.3 is 16.4 Å². The Morgan fingerprint density at radius 1 is 1.50 bits per heavy atom. The minimum Gasteiger partial charge on any atom is -0.382 e. The Morgan fingerprint density at radius 2 is 2.17 bits per heavy atom. The van der Waals surface area contributed by atoms with Gasteiger partial charge in [0.15, 0.2) is 5.13 Å². The zero-order chi connectivity index (χ0) is 13.7. The highest BCUT2D eigenvalue weighted by Crippen LogP contribution is 2.24. The normalized spacial score (nSPS) is 14.0. The summed E-state index contributed by atoms with van der Waals surface area (Å²) in [4.78, 5) is 16.6. The minimum atomic E-state index is -0.137. The SMILES string of the molecule is CCC(C)CC(C)NC(=O)c1sc(NC)nc1N. The highest BCUT2D eigenvalue weighted by Gasteiger charge is 2.18. The van der Waals surface area contributed by atoms with Gasteiger partial charge >= 0.3 is 0 Å². The van der Waals surface area contributed by atoms with Crippen LogP contribution in [0.25, 0.3) is 0 Å². The van der Waals surface area contributed by atoms with E-state index in [2.05, 4.69) is 29.5 Å². The fourth-order valence-electron chi connectivity index (χ4n) is 1.72. The van der Waals surface area contributed by atoms with Crippen molar-refractivity contribution in [1.29, 1.82) is 0 Å². The molecule has 0 aliphatic carbocycles. The smallest absolute Gasteiger partial charge is 0.265 e. The molecule has 1 amide bonds. The first-order valence-electron chi connectivity index (χ1n) is 6.22. The first kappa shape index (κ1) is 14.8.